The Hall–Kier alpha value is -1.59. The summed E-state index contributed by atoms with van der Waals surface area (Å²) in [6.45, 7) is 3.47. The zero-order valence-electron chi connectivity index (χ0n) is 13.9. The first kappa shape index (κ1) is 16.3. The summed E-state index contributed by atoms with van der Waals surface area (Å²) >= 11 is 0. The van der Waals surface area contributed by atoms with Gasteiger partial charge in [-0.05, 0) is 51.4 Å². The Bertz CT molecular complexity index is 529. The van der Waals surface area contributed by atoms with Crippen molar-refractivity contribution in [1.29, 1.82) is 0 Å². The van der Waals surface area contributed by atoms with Crippen LogP contribution in [0, 0.1) is 0 Å². The number of fused-ring (bicyclic) bond motifs is 1. The molecule has 0 spiro atoms. The molecule has 2 heterocycles. The molecule has 5 nitrogen and oxygen atoms in total. The van der Waals surface area contributed by atoms with Crippen molar-refractivity contribution in [1.82, 2.24) is 4.90 Å². The Balaban J connectivity index is 1.47. The quantitative estimate of drug-likeness (QED) is 0.807. The van der Waals surface area contributed by atoms with E-state index in [-0.39, 0.29) is 5.91 Å². The minimum atomic E-state index is 0.139. The second-order valence-electron chi connectivity index (χ2n) is 6.38. The maximum absolute atomic E-state index is 12.6. The number of nitrogens with zero attached hydrogens (tertiary/aromatic N) is 2. The Kier molecular flexibility index (Phi) is 5.51. The number of rotatable bonds is 6. The van der Waals surface area contributed by atoms with Crippen LogP contribution in [0.25, 0.3) is 0 Å². The predicted octanol–water partition coefficient (Wildman–Crippen LogP) is 2.30. The zero-order chi connectivity index (χ0) is 16.1. The standard InChI is InChI=1S/C18H26N2O3/c1-19(10-4-6-15-7-5-12-22-15)14-18(21)20-11-13-23-17-9-3-2-8-16(17)20/h2-3,8-9,15H,4-7,10-14H2,1H3/t15-/m1/s1. The molecule has 1 aromatic rings. The first-order valence-corrected chi connectivity index (χ1v) is 8.56. The first-order valence-electron chi connectivity index (χ1n) is 8.56. The highest BCUT2D eigenvalue weighted by molar-refractivity contribution is 5.96. The van der Waals surface area contributed by atoms with Crippen LogP contribution in [0.3, 0.4) is 0 Å². The van der Waals surface area contributed by atoms with Crippen LogP contribution in [0.2, 0.25) is 0 Å². The molecule has 5 heteroatoms. The Morgan fingerprint density at radius 2 is 2.22 bits per heavy atom. The molecule has 2 aliphatic rings. The van der Waals surface area contributed by atoms with E-state index < -0.39 is 0 Å². The zero-order valence-corrected chi connectivity index (χ0v) is 13.9. The minimum Gasteiger partial charge on any atom is -0.490 e. The summed E-state index contributed by atoms with van der Waals surface area (Å²) in [6.07, 6.45) is 4.99. The van der Waals surface area contributed by atoms with Crippen molar-refractivity contribution in [2.45, 2.75) is 31.8 Å². The number of para-hydroxylation sites is 2. The van der Waals surface area contributed by atoms with Gasteiger partial charge < -0.3 is 14.4 Å². The number of amides is 1. The summed E-state index contributed by atoms with van der Waals surface area (Å²) in [5.74, 6) is 0.938. The van der Waals surface area contributed by atoms with Crippen LogP contribution < -0.4 is 9.64 Å². The monoisotopic (exact) mass is 318 g/mol. The molecule has 0 saturated carbocycles. The number of carbonyl (C=O) groups is 1. The van der Waals surface area contributed by atoms with Gasteiger partial charge in [0.05, 0.1) is 24.9 Å². The third-order valence-corrected chi connectivity index (χ3v) is 4.52. The van der Waals surface area contributed by atoms with Crippen LogP contribution in [0.15, 0.2) is 24.3 Å². The fourth-order valence-corrected chi connectivity index (χ4v) is 3.28. The van der Waals surface area contributed by atoms with E-state index in [9.17, 15) is 4.79 Å². The molecule has 1 aromatic carbocycles. The van der Waals surface area contributed by atoms with Gasteiger partial charge in [-0.1, -0.05) is 12.1 Å². The van der Waals surface area contributed by atoms with Crippen molar-refractivity contribution in [3.63, 3.8) is 0 Å². The third-order valence-electron chi connectivity index (χ3n) is 4.52. The van der Waals surface area contributed by atoms with Crippen molar-refractivity contribution in [3.05, 3.63) is 24.3 Å². The van der Waals surface area contributed by atoms with Gasteiger partial charge >= 0.3 is 0 Å². The van der Waals surface area contributed by atoms with Gasteiger partial charge in [0.15, 0.2) is 0 Å². The number of ether oxygens (including phenoxy) is 2. The minimum absolute atomic E-state index is 0.139. The van der Waals surface area contributed by atoms with Crippen LogP contribution in [-0.2, 0) is 9.53 Å². The average molecular weight is 318 g/mol. The summed E-state index contributed by atoms with van der Waals surface area (Å²) < 4.78 is 11.3. The molecule has 0 aliphatic carbocycles. The van der Waals surface area contributed by atoms with E-state index in [1.54, 1.807) is 0 Å². The molecule has 0 bridgehead atoms. The number of benzene rings is 1. The molecule has 23 heavy (non-hydrogen) atoms. The Morgan fingerprint density at radius 1 is 1.35 bits per heavy atom. The lowest BCUT2D eigenvalue weighted by Crippen LogP contribution is -2.43. The van der Waals surface area contributed by atoms with Crippen molar-refractivity contribution in [2.24, 2.45) is 0 Å². The highest BCUT2D eigenvalue weighted by atomic mass is 16.5. The van der Waals surface area contributed by atoms with Gasteiger partial charge in [0.25, 0.3) is 0 Å². The number of hydrogen-bond donors (Lipinski definition) is 0. The maximum Gasteiger partial charge on any atom is 0.241 e. The molecule has 0 N–H and O–H groups in total. The molecule has 126 valence electrons. The number of hydrogen-bond acceptors (Lipinski definition) is 4. The van der Waals surface area contributed by atoms with Gasteiger partial charge in [-0.25, -0.2) is 0 Å². The van der Waals surface area contributed by atoms with Gasteiger partial charge in [0, 0.05) is 6.61 Å². The van der Waals surface area contributed by atoms with E-state index in [4.69, 9.17) is 9.47 Å². The molecule has 0 radical (unpaired) electrons. The predicted molar refractivity (Wildman–Crippen MR) is 90.0 cm³/mol. The summed E-state index contributed by atoms with van der Waals surface area (Å²) in [5.41, 5.74) is 0.886. The first-order chi connectivity index (χ1) is 11.2. The fraction of sp³-hybridized carbons (Fsp3) is 0.611. The molecule has 2 aliphatic heterocycles. The highest BCUT2D eigenvalue weighted by Gasteiger charge is 2.24. The van der Waals surface area contributed by atoms with Crippen molar-refractivity contribution in [2.75, 3.05) is 44.8 Å². The van der Waals surface area contributed by atoms with Gasteiger partial charge in [-0.15, -0.1) is 0 Å². The van der Waals surface area contributed by atoms with E-state index in [2.05, 4.69) is 4.90 Å². The maximum atomic E-state index is 12.6. The molecule has 3 rings (SSSR count). The lowest BCUT2D eigenvalue weighted by atomic mass is 10.1. The number of likely N-dealkylation sites (N-methyl/N-ethyl adjacent to an activating group) is 1. The van der Waals surface area contributed by atoms with E-state index in [0.29, 0.717) is 25.8 Å². The van der Waals surface area contributed by atoms with E-state index >= 15 is 0 Å². The molecular formula is C18H26N2O3. The van der Waals surface area contributed by atoms with E-state index in [1.165, 1.54) is 12.8 Å². The second kappa shape index (κ2) is 7.79. The summed E-state index contributed by atoms with van der Waals surface area (Å²) in [4.78, 5) is 16.5. The van der Waals surface area contributed by atoms with Gasteiger partial charge in [0.2, 0.25) is 5.91 Å². The molecule has 1 amide bonds. The molecular weight excluding hydrogens is 292 g/mol. The van der Waals surface area contributed by atoms with Crippen LogP contribution in [0.1, 0.15) is 25.7 Å². The topological polar surface area (TPSA) is 42.0 Å². The van der Waals surface area contributed by atoms with Gasteiger partial charge in [-0.3, -0.25) is 9.69 Å². The number of carbonyl (C=O) groups excluding carboxylic acids is 1. The van der Waals surface area contributed by atoms with E-state index in [1.807, 2.05) is 36.2 Å². The molecule has 1 saturated heterocycles. The normalized spacial score (nSPS) is 20.4. The molecule has 0 aromatic heterocycles. The van der Waals surface area contributed by atoms with Crippen molar-refractivity contribution in [3.8, 4) is 5.75 Å². The molecule has 1 fully saturated rings. The third kappa shape index (κ3) is 4.24. The van der Waals surface area contributed by atoms with Crippen LogP contribution in [0.5, 0.6) is 5.75 Å². The fourth-order valence-electron chi connectivity index (χ4n) is 3.28. The van der Waals surface area contributed by atoms with Gasteiger partial charge in [-0.2, -0.15) is 0 Å². The van der Waals surface area contributed by atoms with E-state index in [0.717, 1.165) is 37.4 Å². The Morgan fingerprint density at radius 3 is 3.04 bits per heavy atom. The summed E-state index contributed by atoms with van der Waals surface area (Å²) in [6, 6.07) is 7.74. The summed E-state index contributed by atoms with van der Waals surface area (Å²) in [5, 5.41) is 0. The van der Waals surface area contributed by atoms with Crippen LogP contribution >= 0.6 is 0 Å². The van der Waals surface area contributed by atoms with Crippen molar-refractivity contribution >= 4 is 11.6 Å². The smallest absolute Gasteiger partial charge is 0.241 e. The van der Waals surface area contributed by atoms with Gasteiger partial charge in [0.1, 0.15) is 12.4 Å². The Labute approximate surface area is 138 Å². The molecule has 1 atom stereocenters. The lowest BCUT2D eigenvalue weighted by Gasteiger charge is -2.30. The second-order valence-corrected chi connectivity index (χ2v) is 6.38. The average Bonchev–Trinajstić information content (AvgIpc) is 3.07. The van der Waals surface area contributed by atoms with Crippen LogP contribution in [0.4, 0.5) is 5.69 Å². The van der Waals surface area contributed by atoms with Crippen molar-refractivity contribution < 1.29 is 14.3 Å². The molecule has 0 unspecified atom stereocenters. The highest BCUT2D eigenvalue weighted by Crippen LogP contribution is 2.30. The van der Waals surface area contributed by atoms with Crippen LogP contribution in [-0.4, -0.2) is 56.8 Å². The summed E-state index contributed by atoms with van der Waals surface area (Å²) in [7, 11) is 2.01. The lowest BCUT2D eigenvalue weighted by molar-refractivity contribution is -0.119. The largest absolute Gasteiger partial charge is 0.490 e. The SMILES string of the molecule is CN(CCC[C@@H]1CCCO1)CC(=O)N1CCOc2ccccc21. The number of anilines is 1.